The van der Waals surface area contributed by atoms with Crippen LogP contribution >= 0.6 is 0 Å². The van der Waals surface area contributed by atoms with Crippen molar-refractivity contribution in [3.8, 4) is 0 Å². The molecule has 0 aromatic rings. The van der Waals surface area contributed by atoms with E-state index in [0.29, 0.717) is 11.1 Å². The zero-order chi connectivity index (χ0) is 22.9. The Bertz CT molecular complexity index is 764. The van der Waals surface area contributed by atoms with Crippen LogP contribution in [0.15, 0.2) is 35.5 Å². The van der Waals surface area contributed by atoms with E-state index in [1.54, 1.807) is 27.7 Å². The van der Waals surface area contributed by atoms with Crippen LogP contribution in [0.4, 0.5) is 0 Å². The van der Waals surface area contributed by atoms with E-state index in [1.165, 1.54) is 18.2 Å². The van der Waals surface area contributed by atoms with Gasteiger partial charge in [0.1, 0.15) is 30.0 Å². The molecule has 1 unspecified atom stereocenters. The minimum absolute atomic E-state index is 0.0639. The van der Waals surface area contributed by atoms with Gasteiger partial charge in [0.25, 0.3) is 0 Å². The Kier molecular flexibility index (Phi) is 7.39. The average Bonchev–Trinajstić information content (AvgIpc) is 2.64. The van der Waals surface area contributed by atoms with Crippen molar-refractivity contribution < 1.29 is 44.6 Å². The molecule has 30 heavy (non-hydrogen) atoms. The standard InChI is InChI=1S/C21H30O9/c1-11(5-6-21(28)12(2)8-13(23)9-20(21,3)4)7-15(24)30-19-18(27)17(26)16(25)14(10-22)29-19/h5-8,14,16-19,22,25-28H,9-10H2,1-4H3/b6-5+,11-7-/t14?,16-,17+,18+,19-,21-/m1/s1. The van der Waals surface area contributed by atoms with Crippen LogP contribution in [-0.2, 0) is 19.1 Å². The van der Waals surface area contributed by atoms with Gasteiger partial charge in [0.05, 0.1) is 6.61 Å². The van der Waals surface area contributed by atoms with Crippen LogP contribution in [-0.4, -0.2) is 80.2 Å². The van der Waals surface area contributed by atoms with Crippen molar-refractivity contribution in [2.45, 2.75) is 70.4 Å². The Hall–Kier alpha value is -1.88. The molecule has 1 heterocycles. The fourth-order valence-corrected chi connectivity index (χ4v) is 3.66. The van der Waals surface area contributed by atoms with Gasteiger partial charge in [0, 0.05) is 17.9 Å². The average molecular weight is 426 g/mol. The molecule has 0 aromatic carbocycles. The highest BCUT2D eigenvalue weighted by atomic mass is 16.7. The summed E-state index contributed by atoms with van der Waals surface area (Å²) in [7, 11) is 0. The number of hydrogen-bond donors (Lipinski definition) is 5. The van der Waals surface area contributed by atoms with Crippen LogP contribution in [0.25, 0.3) is 0 Å². The largest absolute Gasteiger partial charge is 0.430 e. The molecule has 0 aromatic heterocycles. The first-order valence-electron chi connectivity index (χ1n) is 9.65. The molecule has 1 fully saturated rings. The summed E-state index contributed by atoms with van der Waals surface area (Å²) < 4.78 is 10.1. The highest BCUT2D eigenvalue weighted by Gasteiger charge is 2.47. The van der Waals surface area contributed by atoms with Crippen molar-refractivity contribution in [3.05, 3.63) is 35.5 Å². The van der Waals surface area contributed by atoms with Gasteiger partial charge in [-0.1, -0.05) is 19.9 Å². The van der Waals surface area contributed by atoms with Gasteiger partial charge in [-0.25, -0.2) is 4.79 Å². The molecule has 9 heteroatoms. The van der Waals surface area contributed by atoms with Crippen molar-refractivity contribution in [1.82, 2.24) is 0 Å². The molecular weight excluding hydrogens is 396 g/mol. The second-order valence-corrected chi connectivity index (χ2v) is 8.48. The monoisotopic (exact) mass is 426 g/mol. The first-order chi connectivity index (χ1) is 13.8. The van der Waals surface area contributed by atoms with Crippen LogP contribution in [0.3, 0.4) is 0 Å². The molecule has 1 aliphatic carbocycles. The molecule has 6 atom stereocenters. The van der Waals surface area contributed by atoms with E-state index in [4.69, 9.17) is 9.47 Å². The highest BCUT2D eigenvalue weighted by molar-refractivity contribution is 5.92. The summed E-state index contributed by atoms with van der Waals surface area (Å²) in [4.78, 5) is 24.0. The van der Waals surface area contributed by atoms with E-state index in [2.05, 4.69) is 0 Å². The first kappa shape index (κ1) is 24.4. The van der Waals surface area contributed by atoms with Gasteiger partial charge in [-0.05, 0) is 37.1 Å². The Labute approximate surface area is 174 Å². The zero-order valence-corrected chi connectivity index (χ0v) is 17.5. The summed E-state index contributed by atoms with van der Waals surface area (Å²) in [5, 5.41) is 49.7. The number of carbonyl (C=O) groups excluding carboxylic acids is 2. The van der Waals surface area contributed by atoms with Crippen LogP contribution in [0.1, 0.15) is 34.1 Å². The van der Waals surface area contributed by atoms with Crippen molar-refractivity contribution >= 4 is 11.8 Å². The molecule has 0 radical (unpaired) electrons. The number of rotatable bonds is 5. The number of ketones is 1. The SMILES string of the molecule is CC1=CC(=O)CC(C)(C)[C@@]1(O)/C=C/C(C)=C\C(=O)O[C@H]1OC(CO)[C@@H](O)[C@H](O)[C@@H]1O. The van der Waals surface area contributed by atoms with E-state index < -0.39 is 54.3 Å². The van der Waals surface area contributed by atoms with Gasteiger partial charge in [0.15, 0.2) is 5.78 Å². The number of hydrogen-bond acceptors (Lipinski definition) is 9. The van der Waals surface area contributed by atoms with Gasteiger partial charge < -0.3 is 35.0 Å². The molecule has 0 amide bonds. The number of esters is 1. The van der Waals surface area contributed by atoms with E-state index >= 15 is 0 Å². The predicted molar refractivity (Wildman–Crippen MR) is 105 cm³/mol. The molecule has 1 saturated heterocycles. The molecule has 0 saturated carbocycles. The lowest BCUT2D eigenvalue weighted by Crippen LogP contribution is -2.59. The smallest absolute Gasteiger partial charge is 0.333 e. The van der Waals surface area contributed by atoms with E-state index in [1.807, 2.05) is 0 Å². The topological polar surface area (TPSA) is 154 Å². The lowest BCUT2D eigenvalue weighted by molar-refractivity contribution is -0.291. The summed E-state index contributed by atoms with van der Waals surface area (Å²) in [6.07, 6.45) is -1.95. The summed E-state index contributed by atoms with van der Waals surface area (Å²) >= 11 is 0. The Balaban J connectivity index is 2.11. The second kappa shape index (κ2) is 9.09. The Morgan fingerprint density at radius 2 is 1.90 bits per heavy atom. The van der Waals surface area contributed by atoms with E-state index in [0.717, 1.165) is 6.08 Å². The van der Waals surface area contributed by atoms with Crippen LogP contribution in [0.2, 0.25) is 0 Å². The zero-order valence-electron chi connectivity index (χ0n) is 17.5. The summed E-state index contributed by atoms with van der Waals surface area (Å²) in [6, 6.07) is 0. The van der Waals surface area contributed by atoms with Crippen molar-refractivity contribution in [2.24, 2.45) is 5.41 Å². The maximum absolute atomic E-state index is 12.2. The third-order valence-electron chi connectivity index (χ3n) is 5.64. The van der Waals surface area contributed by atoms with E-state index in [9.17, 15) is 35.1 Å². The minimum Gasteiger partial charge on any atom is -0.430 e. The maximum Gasteiger partial charge on any atom is 0.333 e. The van der Waals surface area contributed by atoms with Crippen LogP contribution in [0.5, 0.6) is 0 Å². The van der Waals surface area contributed by atoms with Crippen LogP contribution in [0, 0.1) is 5.41 Å². The number of aliphatic hydroxyl groups excluding tert-OH is 4. The van der Waals surface area contributed by atoms with Gasteiger partial charge in [-0.3, -0.25) is 4.79 Å². The van der Waals surface area contributed by atoms with Gasteiger partial charge in [0.2, 0.25) is 6.29 Å². The summed E-state index contributed by atoms with van der Waals surface area (Å²) in [6.45, 7) is 6.17. The summed E-state index contributed by atoms with van der Waals surface area (Å²) in [5.74, 6) is -0.954. The molecule has 2 rings (SSSR count). The fraction of sp³-hybridized carbons (Fsp3) is 0.619. The highest BCUT2D eigenvalue weighted by Crippen LogP contribution is 2.44. The van der Waals surface area contributed by atoms with Crippen molar-refractivity contribution in [2.75, 3.05) is 6.61 Å². The summed E-state index contributed by atoms with van der Waals surface area (Å²) in [5.41, 5.74) is -1.21. The van der Waals surface area contributed by atoms with E-state index in [-0.39, 0.29) is 12.2 Å². The van der Waals surface area contributed by atoms with Gasteiger partial charge in [-0.15, -0.1) is 0 Å². The molecule has 0 spiro atoms. The molecule has 168 valence electrons. The normalized spacial score (nSPS) is 37.2. The van der Waals surface area contributed by atoms with Crippen molar-refractivity contribution in [1.29, 1.82) is 0 Å². The molecule has 2 aliphatic rings. The molecule has 1 aliphatic heterocycles. The van der Waals surface area contributed by atoms with Crippen molar-refractivity contribution in [3.63, 3.8) is 0 Å². The van der Waals surface area contributed by atoms with Gasteiger partial charge >= 0.3 is 5.97 Å². The number of allylic oxidation sites excluding steroid dienone is 3. The first-order valence-corrected chi connectivity index (χ1v) is 9.65. The fourth-order valence-electron chi connectivity index (χ4n) is 3.66. The third kappa shape index (κ3) is 4.88. The quantitative estimate of drug-likeness (QED) is 0.222. The number of ether oxygens (including phenoxy) is 2. The van der Waals surface area contributed by atoms with Crippen LogP contribution < -0.4 is 0 Å². The molecule has 9 nitrogen and oxygen atoms in total. The maximum atomic E-state index is 12.2. The molecular formula is C21H30O9. The predicted octanol–water partition coefficient (Wildman–Crippen LogP) is -0.492. The number of aliphatic hydroxyl groups is 5. The third-order valence-corrected chi connectivity index (χ3v) is 5.64. The minimum atomic E-state index is -1.69. The number of carbonyl (C=O) groups is 2. The molecule has 5 N–H and O–H groups in total. The molecule has 0 bridgehead atoms. The lowest BCUT2D eigenvalue weighted by Gasteiger charge is -2.44. The Morgan fingerprint density at radius 1 is 1.27 bits per heavy atom. The van der Waals surface area contributed by atoms with Gasteiger partial charge in [-0.2, -0.15) is 0 Å². The Morgan fingerprint density at radius 3 is 2.47 bits per heavy atom. The lowest BCUT2D eigenvalue weighted by atomic mass is 9.64. The second-order valence-electron chi connectivity index (χ2n) is 8.48.